The first-order valence-electron chi connectivity index (χ1n) is 6.78. The Hall–Kier alpha value is 0.140. The number of rotatable bonds is 13. The van der Waals surface area contributed by atoms with Gasteiger partial charge in [-0.1, -0.05) is 60.7 Å². The lowest BCUT2D eigenvalue weighted by atomic mass is 10.2. The van der Waals surface area contributed by atoms with Crippen LogP contribution in [0.4, 0.5) is 0 Å². The fourth-order valence-corrected chi connectivity index (χ4v) is 1.70. The highest BCUT2D eigenvalue weighted by atomic mass is 79.9. The molecule has 0 radical (unpaired) electrons. The molecule has 0 aromatic carbocycles. The van der Waals surface area contributed by atoms with Crippen LogP contribution < -0.4 is 0 Å². The van der Waals surface area contributed by atoms with E-state index < -0.39 is 0 Å². The number of allylic oxidation sites excluding steroid dienone is 1. The molecule has 0 rings (SSSR count). The summed E-state index contributed by atoms with van der Waals surface area (Å²) in [4.78, 5) is 0. The van der Waals surface area contributed by atoms with Gasteiger partial charge in [0.2, 0.25) is 0 Å². The molecular weight excluding hydrogens is 280 g/mol. The van der Waals surface area contributed by atoms with Gasteiger partial charge >= 0.3 is 0 Å². The zero-order valence-corrected chi connectivity index (χ0v) is 12.7. The van der Waals surface area contributed by atoms with Crippen LogP contribution in [0.5, 0.6) is 0 Å². The van der Waals surface area contributed by atoms with Crippen LogP contribution in [-0.4, -0.2) is 25.3 Å². The van der Waals surface area contributed by atoms with Crippen molar-refractivity contribution in [3.05, 3.63) is 12.2 Å². The molecule has 0 spiro atoms. The van der Waals surface area contributed by atoms with Gasteiger partial charge in [-0.25, -0.2) is 0 Å². The van der Waals surface area contributed by atoms with Gasteiger partial charge in [-0.3, -0.25) is 0 Å². The Kier molecular flexibility index (Phi) is 16.3. The summed E-state index contributed by atoms with van der Waals surface area (Å²) in [6, 6.07) is 0. The Morgan fingerprint density at radius 3 is 2.35 bits per heavy atom. The van der Waals surface area contributed by atoms with Crippen molar-refractivity contribution in [3.8, 4) is 0 Å². The Morgan fingerprint density at radius 2 is 1.59 bits per heavy atom. The van der Waals surface area contributed by atoms with Crippen molar-refractivity contribution in [2.75, 3.05) is 25.3 Å². The van der Waals surface area contributed by atoms with Crippen LogP contribution in [0, 0.1) is 0 Å². The maximum absolute atomic E-state index is 5.39. The number of ether oxygens (including phenoxy) is 2. The van der Waals surface area contributed by atoms with Gasteiger partial charge < -0.3 is 9.47 Å². The molecule has 3 heteroatoms. The SMILES string of the molecule is CCCCCCCOCOCC/C=C\CCBr. The molecule has 0 aromatic rings. The van der Waals surface area contributed by atoms with Crippen LogP contribution in [0.1, 0.15) is 51.9 Å². The average Bonchev–Trinajstić information content (AvgIpc) is 2.35. The van der Waals surface area contributed by atoms with Crippen LogP contribution in [-0.2, 0) is 9.47 Å². The van der Waals surface area contributed by atoms with Crippen LogP contribution in [0.3, 0.4) is 0 Å². The van der Waals surface area contributed by atoms with Crippen molar-refractivity contribution in [2.24, 2.45) is 0 Å². The first-order valence-corrected chi connectivity index (χ1v) is 7.90. The molecule has 0 aliphatic heterocycles. The lowest BCUT2D eigenvalue weighted by Crippen LogP contribution is -2.02. The van der Waals surface area contributed by atoms with E-state index in [2.05, 4.69) is 35.0 Å². The van der Waals surface area contributed by atoms with E-state index in [1.807, 2.05) is 0 Å². The van der Waals surface area contributed by atoms with Crippen molar-refractivity contribution in [1.82, 2.24) is 0 Å². The smallest absolute Gasteiger partial charge is 0.146 e. The first kappa shape index (κ1) is 17.1. The summed E-state index contributed by atoms with van der Waals surface area (Å²) in [6.45, 7) is 4.27. The average molecular weight is 307 g/mol. The molecule has 0 amide bonds. The number of unbranched alkanes of at least 4 members (excludes halogenated alkanes) is 4. The topological polar surface area (TPSA) is 18.5 Å². The van der Waals surface area contributed by atoms with Gasteiger partial charge in [-0.2, -0.15) is 0 Å². The summed E-state index contributed by atoms with van der Waals surface area (Å²) in [6.07, 6.45) is 12.8. The second kappa shape index (κ2) is 16.1. The van der Waals surface area contributed by atoms with Crippen LogP contribution in [0.2, 0.25) is 0 Å². The van der Waals surface area contributed by atoms with E-state index in [4.69, 9.17) is 9.47 Å². The van der Waals surface area contributed by atoms with E-state index in [1.54, 1.807) is 0 Å². The van der Waals surface area contributed by atoms with Gasteiger partial charge in [0.1, 0.15) is 6.79 Å². The van der Waals surface area contributed by atoms with E-state index in [9.17, 15) is 0 Å². The molecule has 0 N–H and O–H groups in total. The monoisotopic (exact) mass is 306 g/mol. The highest BCUT2D eigenvalue weighted by molar-refractivity contribution is 9.09. The normalized spacial score (nSPS) is 11.4. The summed E-state index contributed by atoms with van der Waals surface area (Å²) in [5.41, 5.74) is 0. The minimum Gasteiger partial charge on any atom is -0.355 e. The quantitative estimate of drug-likeness (QED) is 0.213. The van der Waals surface area contributed by atoms with Gasteiger partial charge in [0.05, 0.1) is 6.61 Å². The molecule has 0 heterocycles. The van der Waals surface area contributed by atoms with Gasteiger partial charge in [-0.05, 0) is 19.3 Å². The Labute approximate surface area is 115 Å². The Morgan fingerprint density at radius 1 is 0.882 bits per heavy atom. The highest BCUT2D eigenvalue weighted by Gasteiger charge is 1.90. The van der Waals surface area contributed by atoms with Crippen molar-refractivity contribution in [3.63, 3.8) is 0 Å². The van der Waals surface area contributed by atoms with E-state index in [1.165, 1.54) is 25.7 Å². The number of halogens is 1. The fourth-order valence-electron chi connectivity index (χ4n) is 1.43. The molecule has 0 saturated heterocycles. The molecule has 0 fully saturated rings. The van der Waals surface area contributed by atoms with E-state index >= 15 is 0 Å². The minimum absolute atomic E-state index is 0.445. The third kappa shape index (κ3) is 16.1. The van der Waals surface area contributed by atoms with E-state index in [0.717, 1.165) is 37.8 Å². The van der Waals surface area contributed by atoms with Crippen molar-refractivity contribution < 1.29 is 9.47 Å². The molecule has 2 nitrogen and oxygen atoms in total. The van der Waals surface area contributed by atoms with Gasteiger partial charge in [0, 0.05) is 11.9 Å². The van der Waals surface area contributed by atoms with E-state index in [-0.39, 0.29) is 0 Å². The molecule has 0 saturated carbocycles. The van der Waals surface area contributed by atoms with Gasteiger partial charge in [-0.15, -0.1) is 0 Å². The van der Waals surface area contributed by atoms with Crippen molar-refractivity contribution >= 4 is 15.9 Å². The highest BCUT2D eigenvalue weighted by Crippen LogP contribution is 2.02. The second-order valence-electron chi connectivity index (χ2n) is 4.09. The second-order valence-corrected chi connectivity index (χ2v) is 4.88. The van der Waals surface area contributed by atoms with Crippen molar-refractivity contribution in [1.29, 1.82) is 0 Å². The third-order valence-electron chi connectivity index (χ3n) is 2.43. The summed E-state index contributed by atoms with van der Waals surface area (Å²) < 4.78 is 10.7. The maximum Gasteiger partial charge on any atom is 0.146 e. The van der Waals surface area contributed by atoms with Crippen LogP contribution in [0.15, 0.2) is 12.2 Å². The fraction of sp³-hybridized carbons (Fsp3) is 0.857. The largest absolute Gasteiger partial charge is 0.355 e. The molecule has 102 valence electrons. The molecule has 17 heavy (non-hydrogen) atoms. The first-order chi connectivity index (χ1) is 8.41. The molecule has 0 atom stereocenters. The maximum atomic E-state index is 5.39. The molecular formula is C14H27BrO2. The Balaban J connectivity index is 2.94. The molecule has 0 aliphatic rings. The lowest BCUT2D eigenvalue weighted by Gasteiger charge is -2.04. The minimum atomic E-state index is 0.445. The lowest BCUT2D eigenvalue weighted by molar-refractivity contribution is -0.0531. The molecule has 0 aromatic heterocycles. The summed E-state index contributed by atoms with van der Waals surface area (Å²) in [7, 11) is 0. The predicted molar refractivity (Wildman–Crippen MR) is 77.7 cm³/mol. The van der Waals surface area contributed by atoms with Crippen LogP contribution >= 0.6 is 15.9 Å². The number of alkyl halides is 1. The predicted octanol–water partition coefficient (Wildman–Crippen LogP) is 4.68. The molecule has 0 aliphatic carbocycles. The van der Waals surface area contributed by atoms with E-state index in [0.29, 0.717) is 6.79 Å². The number of hydrogen-bond acceptors (Lipinski definition) is 2. The molecule has 0 bridgehead atoms. The number of hydrogen-bond donors (Lipinski definition) is 0. The Bertz CT molecular complexity index is 160. The zero-order chi connectivity index (χ0) is 12.6. The standard InChI is InChI=1S/C14H27BrO2/c1-2-3-4-6-9-12-16-14-17-13-10-7-5-8-11-15/h5,7H,2-4,6,8-14H2,1H3/b7-5-. The third-order valence-corrected chi connectivity index (χ3v) is 2.89. The molecule has 0 unspecified atom stereocenters. The summed E-state index contributed by atoms with van der Waals surface area (Å²) in [5, 5.41) is 1.03. The van der Waals surface area contributed by atoms with Gasteiger partial charge in [0.25, 0.3) is 0 Å². The summed E-state index contributed by atoms with van der Waals surface area (Å²) >= 11 is 3.38. The van der Waals surface area contributed by atoms with Gasteiger partial charge in [0.15, 0.2) is 0 Å². The van der Waals surface area contributed by atoms with Crippen molar-refractivity contribution in [2.45, 2.75) is 51.9 Å². The van der Waals surface area contributed by atoms with Crippen LogP contribution in [0.25, 0.3) is 0 Å². The summed E-state index contributed by atoms with van der Waals surface area (Å²) in [5.74, 6) is 0. The zero-order valence-electron chi connectivity index (χ0n) is 11.1.